The van der Waals surface area contributed by atoms with E-state index in [1.165, 1.54) is 0 Å². The van der Waals surface area contributed by atoms with Gasteiger partial charge in [0.05, 0.1) is 19.1 Å². The average Bonchev–Trinajstić information content (AvgIpc) is 2.84. The number of carbonyl (C=O) groups is 1. The molecule has 0 saturated heterocycles. The van der Waals surface area contributed by atoms with Gasteiger partial charge in [-0.2, -0.15) is 0 Å². The molecule has 1 fully saturated rings. The third-order valence-corrected chi connectivity index (χ3v) is 3.65. The van der Waals surface area contributed by atoms with E-state index in [2.05, 4.69) is 5.32 Å². The highest BCUT2D eigenvalue weighted by molar-refractivity contribution is 5.78. The number of aliphatic hydroxyl groups is 1. The number of carbonyl (C=O) groups excluding carboxylic acids is 1. The first-order valence-corrected chi connectivity index (χ1v) is 6.73. The van der Waals surface area contributed by atoms with Gasteiger partial charge in [-0.1, -0.05) is 25.0 Å². The van der Waals surface area contributed by atoms with Crippen LogP contribution in [-0.2, 0) is 11.2 Å². The van der Waals surface area contributed by atoms with Crippen molar-refractivity contribution in [3.63, 3.8) is 0 Å². The summed E-state index contributed by atoms with van der Waals surface area (Å²) in [4.78, 5) is 11.8. The fourth-order valence-electron chi connectivity index (χ4n) is 2.50. The van der Waals surface area contributed by atoms with Crippen LogP contribution in [0.15, 0.2) is 24.3 Å². The van der Waals surface area contributed by atoms with Gasteiger partial charge in [-0.05, 0) is 30.5 Å². The molecule has 0 heterocycles. The molecular weight excluding hydrogens is 242 g/mol. The van der Waals surface area contributed by atoms with Crippen LogP contribution in [0.1, 0.15) is 31.2 Å². The van der Waals surface area contributed by atoms with Gasteiger partial charge >= 0.3 is 0 Å². The van der Waals surface area contributed by atoms with E-state index < -0.39 is 5.60 Å². The van der Waals surface area contributed by atoms with E-state index in [4.69, 9.17) is 4.74 Å². The number of nitrogens with one attached hydrogen (secondary N) is 1. The summed E-state index contributed by atoms with van der Waals surface area (Å²) in [6, 6.07) is 7.46. The molecular formula is C15H21NO3. The second-order valence-electron chi connectivity index (χ2n) is 5.24. The van der Waals surface area contributed by atoms with Crippen molar-refractivity contribution in [3.8, 4) is 5.75 Å². The molecule has 0 atom stereocenters. The van der Waals surface area contributed by atoms with Gasteiger partial charge in [0.1, 0.15) is 5.75 Å². The van der Waals surface area contributed by atoms with Crippen molar-refractivity contribution in [1.82, 2.24) is 5.32 Å². The molecule has 4 nitrogen and oxygen atoms in total. The lowest BCUT2D eigenvalue weighted by molar-refractivity contribution is -0.121. The lowest BCUT2D eigenvalue weighted by Crippen LogP contribution is -2.41. The van der Waals surface area contributed by atoms with Crippen molar-refractivity contribution in [2.75, 3.05) is 13.7 Å². The Morgan fingerprint density at radius 1 is 1.42 bits per heavy atom. The molecule has 1 aromatic carbocycles. The summed E-state index contributed by atoms with van der Waals surface area (Å²) in [5.74, 6) is 0.688. The molecule has 1 aliphatic rings. The molecule has 4 heteroatoms. The van der Waals surface area contributed by atoms with E-state index in [9.17, 15) is 9.90 Å². The highest BCUT2D eigenvalue weighted by atomic mass is 16.5. The summed E-state index contributed by atoms with van der Waals surface area (Å²) in [6.07, 6.45) is 3.97. The summed E-state index contributed by atoms with van der Waals surface area (Å²) in [5.41, 5.74) is 0.222. The van der Waals surface area contributed by atoms with E-state index in [1.807, 2.05) is 24.3 Å². The largest absolute Gasteiger partial charge is 0.497 e. The molecule has 0 unspecified atom stereocenters. The Balaban J connectivity index is 1.83. The number of hydrogen-bond acceptors (Lipinski definition) is 3. The molecule has 1 saturated carbocycles. The molecule has 1 aliphatic carbocycles. The van der Waals surface area contributed by atoms with Gasteiger partial charge in [0.25, 0.3) is 0 Å². The standard InChI is InChI=1S/C15H21NO3/c1-19-13-6-4-5-12(9-13)10-14(17)16-11-15(18)7-2-3-8-15/h4-6,9,18H,2-3,7-8,10-11H2,1H3,(H,16,17). The zero-order valence-electron chi connectivity index (χ0n) is 11.3. The predicted molar refractivity (Wildman–Crippen MR) is 73.1 cm³/mol. The van der Waals surface area contributed by atoms with Gasteiger partial charge in [-0.15, -0.1) is 0 Å². The van der Waals surface area contributed by atoms with Crippen LogP contribution in [0.4, 0.5) is 0 Å². The summed E-state index contributed by atoms with van der Waals surface area (Å²) in [5, 5.41) is 13.0. The summed E-state index contributed by atoms with van der Waals surface area (Å²) < 4.78 is 5.12. The van der Waals surface area contributed by atoms with Crippen LogP contribution in [-0.4, -0.2) is 30.3 Å². The van der Waals surface area contributed by atoms with Crippen molar-refractivity contribution in [1.29, 1.82) is 0 Å². The highest BCUT2D eigenvalue weighted by Gasteiger charge is 2.31. The second kappa shape index (κ2) is 6.06. The Bertz CT molecular complexity index is 439. The average molecular weight is 263 g/mol. The third kappa shape index (κ3) is 3.96. The summed E-state index contributed by atoms with van der Waals surface area (Å²) in [6.45, 7) is 0.357. The van der Waals surface area contributed by atoms with E-state index in [-0.39, 0.29) is 5.91 Å². The first-order chi connectivity index (χ1) is 9.11. The molecule has 0 bridgehead atoms. The highest BCUT2D eigenvalue weighted by Crippen LogP contribution is 2.28. The van der Waals surface area contributed by atoms with Crippen LogP contribution in [0.25, 0.3) is 0 Å². The minimum Gasteiger partial charge on any atom is -0.497 e. The molecule has 19 heavy (non-hydrogen) atoms. The zero-order valence-corrected chi connectivity index (χ0v) is 11.3. The SMILES string of the molecule is COc1cccc(CC(=O)NCC2(O)CCCC2)c1. The maximum Gasteiger partial charge on any atom is 0.224 e. The Morgan fingerprint density at radius 3 is 2.84 bits per heavy atom. The first kappa shape index (κ1) is 13.9. The van der Waals surface area contributed by atoms with Gasteiger partial charge in [-0.25, -0.2) is 0 Å². The number of amides is 1. The number of rotatable bonds is 5. The Hall–Kier alpha value is -1.55. The normalized spacial score (nSPS) is 17.2. The Kier molecular flexibility index (Phi) is 4.43. The maximum absolute atomic E-state index is 11.8. The van der Waals surface area contributed by atoms with E-state index in [0.717, 1.165) is 37.0 Å². The van der Waals surface area contributed by atoms with Crippen LogP contribution in [0, 0.1) is 0 Å². The molecule has 1 aromatic rings. The summed E-state index contributed by atoms with van der Waals surface area (Å²) in [7, 11) is 1.61. The van der Waals surface area contributed by atoms with Gasteiger partial charge in [-0.3, -0.25) is 4.79 Å². The van der Waals surface area contributed by atoms with Gasteiger partial charge in [0.2, 0.25) is 5.91 Å². The first-order valence-electron chi connectivity index (χ1n) is 6.73. The minimum atomic E-state index is -0.690. The Morgan fingerprint density at radius 2 is 2.16 bits per heavy atom. The fraction of sp³-hybridized carbons (Fsp3) is 0.533. The second-order valence-corrected chi connectivity index (χ2v) is 5.24. The van der Waals surface area contributed by atoms with Crippen molar-refractivity contribution < 1.29 is 14.6 Å². The summed E-state index contributed by atoms with van der Waals surface area (Å²) >= 11 is 0. The predicted octanol–water partition coefficient (Wildman–Crippen LogP) is 1.66. The molecule has 1 amide bonds. The lowest BCUT2D eigenvalue weighted by Gasteiger charge is -2.22. The quantitative estimate of drug-likeness (QED) is 0.849. The van der Waals surface area contributed by atoms with Crippen molar-refractivity contribution in [2.24, 2.45) is 0 Å². The van der Waals surface area contributed by atoms with Gasteiger partial charge in [0, 0.05) is 6.54 Å². The van der Waals surface area contributed by atoms with Gasteiger partial charge < -0.3 is 15.2 Å². The molecule has 0 radical (unpaired) electrons. The van der Waals surface area contributed by atoms with Crippen molar-refractivity contribution >= 4 is 5.91 Å². The zero-order chi connectivity index (χ0) is 13.7. The smallest absolute Gasteiger partial charge is 0.224 e. The molecule has 2 N–H and O–H groups in total. The number of methoxy groups -OCH3 is 1. The van der Waals surface area contributed by atoms with E-state index in [0.29, 0.717) is 13.0 Å². The monoisotopic (exact) mass is 263 g/mol. The Labute approximate surface area is 113 Å². The van der Waals surface area contributed by atoms with E-state index in [1.54, 1.807) is 7.11 Å². The maximum atomic E-state index is 11.8. The topological polar surface area (TPSA) is 58.6 Å². The van der Waals surface area contributed by atoms with Crippen molar-refractivity contribution in [2.45, 2.75) is 37.7 Å². The fourth-order valence-corrected chi connectivity index (χ4v) is 2.50. The van der Waals surface area contributed by atoms with Crippen LogP contribution in [0.3, 0.4) is 0 Å². The number of benzene rings is 1. The van der Waals surface area contributed by atoms with Crippen LogP contribution in [0.2, 0.25) is 0 Å². The van der Waals surface area contributed by atoms with Crippen molar-refractivity contribution in [3.05, 3.63) is 29.8 Å². The third-order valence-electron chi connectivity index (χ3n) is 3.65. The minimum absolute atomic E-state index is 0.0615. The molecule has 104 valence electrons. The molecule has 0 aliphatic heterocycles. The number of ether oxygens (including phenoxy) is 1. The molecule has 0 aromatic heterocycles. The van der Waals surface area contributed by atoms with Gasteiger partial charge in [0.15, 0.2) is 0 Å². The lowest BCUT2D eigenvalue weighted by atomic mass is 10.0. The van der Waals surface area contributed by atoms with Crippen LogP contribution in [0.5, 0.6) is 5.75 Å². The van der Waals surface area contributed by atoms with Crippen LogP contribution >= 0.6 is 0 Å². The van der Waals surface area contributed by atoms with E-state index >= 15 is 0 Å². The number of hydrogen-bond donors (Lipinski definition) is 2. The molecule has 0 spiro atoms. The molecule has 2 rings (SSSR count). The van der Waals surface area contributed by atoms with Crippen LogP contribution < -0.4 is 10.1 Å².